The zero-order valence-corrected chi connectivity index (χ0v) is 9.84. The van der Waals surface area contributed by atoms with Crippen molar-refractivity contribution in [3.63, 3.8) is 0 Å². The highest BCUT2D eigenvalue weighted by atomic mass is 19.4. The number of hydrogen-bond donors (Lipinski definition) is 1. The zero-order valence-electron chi connectivity index (χ0n) is 9.84. The molecular formula is C12H13F3N2O. The van der Waals surface area contributed by atoms with E-state index in [4.69, 9.17) is 10.00 Å². The topological polar surface area (TPSA) is 45.0 Å². The number of rotatable bonds is 5. The molecule has 0 saturated carbocycles. The van der Waals surface area contributed by atoms with Crippen molar-refractivity contribution in [3.05, 3.63) is 29.3 Å². The number of halogens is 3. The maximum atomic E-state index is 12.4. The van der Waals surface area contributed by atoms with Gasteiger partial charge in [0, 0.05) is 13.2 Å². The van der Waals surface area contributed by atoms with Gasteiger partial charge in [-0.25, -0.2) is 0 Å². The van der Waals surface area contributed by atoms with E-state index in [0.717, 1.165) is 12.1 Å². The quantitative estimate of drug-likeness (QED) is 0.826. The molecule has 0 atom stereocenters. The van der Waals surface area contributed by atoms with Crippen molar-refractivity contribution >= 4 is 5.69 Å². The van der Waals surface area contributed by atoms with Crippen molar-refractivity contribution in [2.75, 3.05) is 25.1 Å². The Bertz CT molecular complexity index is 438. The Morgan fingerprint density at radius 1 is 1.39 bits per heavy atom. The van der Waals surface area contributed by atoms with Crippen molar-refractivity contribution in [3.8, 4) is 6.07 Å². The summed E-state index contributed by atoms with van der Waals surface area (Å²) in [5.41, 5.74) is -0.471. The Hall–Kier alpha value is -1.74. The van der Waals surface area contributed by atoms with E-state index in [9.17, 15) is 13.2 Å². The van der Waals surface area contributed by atoms with E-state index in [2.05, 4.69) is 5.32 Å². The Balaban J connectivity index is 2.79. The number of nitrogens with one attached hydrogen (secondary N) is 1. The van der Waals surface area contributed by atoms with E-state index in [0.29, 0.717) is 25.4 Å². The molecule has 0 aliphatic rings. The molecule has 98 valence electrons. The molecule has 0 aliphatic carbocycles. The molecule has 0 spiro atoms. The summed E-state index contributed by atoms with van der Waals surface area (Å²) in [5.74, 6) is 0. The van der Waals surface area contributed by atoms with Crippen molar-refractivity contribution in [1.29, 1.82) is 5.26 Å². The Labute approximate surface area is 103 Å². The lowest BCUT2D eigenvalue weighted by Crippen LogP contribution is -2.11. The summed E-state index contributed by atoms with van der Waals surface area (Å²) in [6, 6.07) is 4.79. The van der Waals surface area contributed by atoms with Gasteiger partial charge in [0.1, 0.15) is 6.07 Å². The summed E-state index contributed by atoms with van der Waals surface area (Å²) in [5, 5.41) is 11.7. The minimum absolute atomic E-state index is 0.0266. The number of ether oxygens (including phenoxy) is 1. The third kappa shape index (κ3) is 3.93. The van der Waals surface area contributed by atoms with Gasteiger partial charge in [-0.1, -0.05) is 0 Å². The normalized spacial score (nSPS) is 11.1. The standard InChI is InChI=1S/C12H13F3N2O/c1-2-18-6-5-17-11-4-3-10(12(13,14)15)7-9(11)8-16/h3-4,7,17H,2,5-6H2,1H3. The summed E-state index contributed by atoms with van der Waals surface area (Å²) >= 11 is 0. The van der Waals surface area contributed by atoms with Crippen LogP contribution in [0.25, 0.3) is 0 Å². The van der Waals surface area contributed by atoms with Gasteiger partial charge in [0.2, 0.25) is 0 Å². The van der Waals surface area contributed by atoms with Crippen LogP contribution in [0.4, 0.5) is 18.9 Å². The molecule has 0 heterocycles. The number of nitrogens with zero attached hydrogens (tertiary/aromatic N) is 1. The first-order valence-electron chi connectivity index (χ1n) is 5.42. The highest BCUT2D eigenvalue weighted by molar-refractivity contribution is 5.58. The lowest BCUT2D eigenvalue weighted by Gasteiger charge is -2.11. The van der Waals surface area contributed by atoms with Gasteiger partial charge in [0.25, 0.3) is 0 Å². The molecule has 0 radical (unpaired) electrons. The fraction of sp³-hybridized carbons (Fsp3) is 0.417. The Morgan fingerprint density at radius 3 is 2.67 bits per heavy atom. The number of nitriles is 1. The third-order valence-electron chi connectivity index (χ3n) is 2.23. The van der Waals surface area contributed by atoms with Crippen molar-refractivity contribution in [1.82, 2.24) is 0 Å². The molecule has 3 nitrogen and oxygen atoms in total. The van der Waals surface area contributed by atoms with Crippen molar-refractivity contribution in [2.24, 2.45) is 0 Å². The molecule has 1 rings (SSSR count). The van der Waals surface area contributed by atoms with E-state index >= 15 is 0 Å². The summed E-state index contributed by atoms with van der Waals surface area (Å²) in [7, 11) is 0. The summed E-state index contributed by atoms with van der Waals surface area (Å²) < 4.78 is 42.4. The summed E-state index contributed by atoms with van der Waals surface area (Å²) in [4.78, 5) is 0. The number of anilines is 1. The summed E-state index contributed by atoms with van der Waals surface area (Å²) in [6.45, 7) is 3.29. The minimum Gasteiger partial charge on any atom is -0.382 e. The monoisotopic (exact) mass is 258 g/mol. The average Bonchev–Trinajstić information content (AvgIpc) is 2.33. The van der Waals surface area contributed by atoms with Crippen LogP contribution in [-0.2, 0) is 10.9 Å². The Kier molecular flexibility index (Phi) is 4.98. The molecule has 0 unspecified atom stereocenters. The second-order valence-electron chi connectivity index (χ2n) is 3.49. The van der Waals surface area contributed by atoms with Crippen LogP contribution in [0.1, 0.15) is 18.1 Å². The first-order chi connectivity index (χ1) is 8.49. The fourth-order valence-electron chi connectivity index (χ4n) is 1.37. The van der Waals surface area contributed by atoms with Crippen LogP contribution in [0.2, 0.25) is 0 Å². The molecule has 0 bridgehead atoms. The van der Waals surface area contributed by atoms with Crippen molar-refractivity contribution < 1.29 is 17.9 Å². The predicted molar refractivity (Wildman–Crippen MR) is 61.1 cm³/mol. The first kappa shape index (κ1) is 14.3. The van der Waals surface area contributed by atoms with E-state index < -0.39 is 11.7 Å². The number of alkyl halides is 3. The number of benzene rings is 1. The maximum Gasteiger partial charge on any atom is 0.416 e. The second-order valence-corrected chi connectivity index (χ2v) is 3.49. The second kappa shape index (κ2) is 6.26. The zero-order chi connectivity index (χ0) is 13.6. The van der Waals surface area contributed by atoms with Gasteiger partial charge in [-0.3, -0.25) is 0 Å². The van der Waals surface area contributed by atoms with Crippen LogP contribution >= 0.6 is 0 Å². The third-order valence-corrected chi connectivity index (χ3v) is 2.23. The van der Waals surface area contributed by atoms with Crippen LogP contribution in [0.3, 0.4) is 0 Å². The van der Waals surface area contributed by atoms with E-state index in [1.165, 1.54) is 6.07 Å². The minimum atomic E-state index is -4.44. The highest BCUT2D eigenvalue weighted by Crippen LogP contribution is 2.31. The molecule has 6 heteroatoms. The van der Waals surface area contributed by atoms with Gasteiger partial charge in [-0.2, -0.15) is 18.4 Å². The van der Waals surface area contributed by atoms with E-state index in [-0.39, 0.29) is 5.56 Å². The fourth-order valence-corrected chi connectivity index (χ4v) is 1.37. The lowest BCUT2D eigenvalue weighted by atomic mass is 10.1. The van der Waals surface area contributed by atoms with Crippen LogP contribution in [0.15, 0.2) is 18.2 Å². The molecule has 0 aromatic heterocycles. The molecule has 0 fully saturated rings. The highest BCUT2D eigenvalue weighted by Gasteiger charge is 2.30. The van der Waals surface area contributed by atoms with Gasteiger partial charge in [-0.05, 0) is 25.1 Å². The van der Waals surface area contributed by atoms with E-state index in [1.54, 1.807) is 6.07 Å². The van der Waals surface area contributed by atoms with E-state index in [1.807, 2.05) is 6.92 Å². The first-order valence-corrected chi connectivity index (χ1v) is 5.42. The SMILES string of the molecule is CCOCCNc1ccc(C(F)(F)F)cc1C#N. The van der Waals surface area contributed by atoms with Crippen LogP contribution in [0, 0.1) is 11.3 Å². The molecule has 0 amide bonds. The summed E-state index contributed by atoms with van der Waals surface area (Å²) in [6.07, 6.45) is -4.44. The molecule has 1 N–H and O–H groups in total. The van der Waals surface area contributed by atoms with Gasteiger partial charge >= 0.3 is 6.18 Å². The molecule has 18 heavy (non-hydrogen) atoms. The van der Waals surface area contributed by atoms with Gasteiger partial charge in [-0.15, -0.1) is 0 Å². The van der Waals surface area contributed by atoms with Gasteiger partial charge in [0.05, 0.1) is 23.4 Å². The molecule has 1 aromatic carbocycles. The van der Waals surface area contributed by atoms with Gasteiger partial charge < -0.3 is 10.1 Å². The Morgan fingerprint density at radius 2 is 2.11 bits per heavy atom. The van der Waals surface area contributed by atoms with Crippen molar-refractivity contribution in [2.45, 2.75) is 13.1 Å². The largest absolute Gasteiger partial charge is 0.416 e. The molecule has 1 aromatic rings. The predicted octanol–water partition coefficient (Wildman–Crippen LogP) is 3.03. The maximum absolute atomic E-state index is 12.4. The average molecular weight is 258 g/mol. The van der Waals surface area contributed by atoms with Crippen LogP contribution in [0.5, 0.6) is 0 Å². The lowest BCUT2D eigenvalue weighted by molar-refractivity contribution is -0.137. The smallest absolute Gasteiger partial charge is 0.382 e. The van der Waals surface area contributed by atoms with Crippen LogP contribution < -0.4 is 5.32 Å². The number of hydrogen-bond acceptors (Lipinski definition) is 3. The van der Waals surface area contributed by atoms with Crippen LogP contribution in [-0.4, -0.2) is 19.8 Å². The molecule has 0 saturated heterocycles. The van der Waals surface area contributed by atoms with Gasteiger partial charge in [0.15, 0.2) is 0 Å². The molecule has 0 aliphatic heterocycles. The molecular weight excluding hydrogens is 245 g/mol.